The highest BCUT2D eigenvalue weighted by atomic mass is 16.2. The highest BCUT2D eigenvalue weighted by molar-refractivity contribution is 5.85. The molecular formula is C15H18N2O. The van der Waals surface area contributed by atoms with Crippen molar-refractivity contribution in [1.29, 1.82) is 0 Å². The zero-order chi connectivity index (χ0) is 13.2. The molecule has 94 valence electrons. The highest BCUT2D eigenvalue weighted by Crippen LogP contribution is 2.22. The number of carbonyl (C=O) groups is 1. The van der Waals surface area contributed by atoms with Gasteiger partial charge in [-0.1, -0.05) is 36.3 Å². The zero-order valence-electron chi connectivity index (χ0n) is 10.8. The van der Waals surface area contributed by atoms with Crippen LogP contribution in [0.15, 0.2) is 30.3 Å². The largest absolute Gasteiger partial charge is 0.312 e. The first-order valence-corrected chi connectivity index (χ1v) is 6.11. The number of carbonyl (C=O) groups excluding carboxylic acids is 1. The maximum absolute atomic E-state index is 12.3. The number of hydrogen-bond acceptors (Lipinski definition) is 2. The van der Waals surface area contributed by atoms with E-state index in [0.29, 0.717) is 13.0 Å². The third-order valence-electron chi connectivity index (χ3n) is 3.30. The van der Waals surface area contributed by atoms with Crippen molar-refractivity contribution in [3.05, 3.63) is 35.9 Å². The summed E-state index contributed by atoms with van der Waals surface area (Å²) in [6.07, 6.45) is 6.02. The van der Waals surface area contributed by atoms with Gasteiger partial charge in [0.2, 0.25) is 5.91 Å². The lowest BCUT2D eigenvalue weighted by Crippen LogP contribution is -2.47. The second-order valence-corrected chi connectivity index (χ2v) is 5.07. The Labute approximate surface area is 108 Å². The summed E-state index contributed by atoms with van der Waals surface area (Å²) < 4.78 is 0. The average Bonchev–Trinajstić information content (AvgIpc) is 2.54. The van der Waals surface area contributed by atoms with Crippen LogP contribution in [0, 0.1) is 12.3 Å². The molecule has 1 fully saturated rings. The maximum Gasteiger partial charge on any atom is 0.242 e. The van der Waals surface area contributed by atoms with E-state index in [9.17, 15) is 4.79 Å². The molecule has 0 spiro atoms. The van der Waals surface area contributed by atoms with E-state index in [-0.39, 0.29) is 17.6 Å². The van der Waals surface area contributed by atoms with Gasteiger partial charge in [-0.2, -0.15) is 0 Å². The van der Waals surface area contributed by atoms with E-state index in [1.807, 2.05) is 44.2 Å². The third-order valence-corrected chi connectivity index (χ3v) is 3.30. The van der Waals surface area contributed by atoms with Crippen LogP contribution in [-0.2, 0) is 11.2 Å². The molecule has 0 aliphatic carbocycles. The van der Waals surface area contributed by atoms with E-state index in [4.69, 9.17) is 6.42 Å². The van der Waals surface area contributed by atoms with E-state index < -0.39 is 0 Å². The van der Waals surface area contributed by atoms with Gasteiger partial charge in [0.1, 0.15) is 0 Å². The molecular weight excluding hydrogens is 224 g/mol. The molecule has 2 rings (SSSR count). The molecule has 0 radical (unpaired) electrons. The molecule has 3 heteroatoms. The first kappa shape index (κ1) is 12.7. The molecule has 0 saturated carbocycles. The van der Waals surface area contributed by atoms with Crippen molar-refractivity contribution in [3.63, 3.8) is 0 Å². The first-order chi connectivity index (χ1) is 8.54. The van der Waals surface area contributed by atoms with Crippen LogP contribution in [0.5, 0.6) is 0 Å². The summed E-state index contributed by atoms with van der Waals surface area (Å²) in [7, 11) is 0. The van der Waals surface area contributed by atoms with E-state index in [1.54, 1.807) is 4.90 Å². The minimum absolute atomic E-state index is 0.0850. The Morgan fingerprint density at radius 2 is 2.06 bits per heavy atom. The number of amides is 1. The summed E-state index contributed by atoms with van der Waals surface area (Å²) in [5.74, 6) is 2.63. The zero-order valence-corrected chi connectivity index (χ0v) is 10.8. The van der Waals surface area contributed by atoms with Crippen molar-refractivity contribution in [3.8, 4) is 12.3 Å². The SMILES string of the molecule is C#CCN1C(=O)C(Cc2ccccc2)NC1(C)C. The third kappa shape index (κ3) is 2.39. The quantitative estimate of drug-likeness (QED) is 0.813. The number of hydrogen-bond donors (Lipinski definition) is 1. The summed E-state index contributed by atoms with van der Waals surface area (Å²) in [6, 6.07) is 9.83. The molecule has 1 N–H and O–H groups in total. The summed E-state index contributed by atoms with van der Waals surface area (Å²) in [4.78, 5) is 14.0. The molecule has 0 aromatic heterocycles. The summed E-state index contributed by atoms with van der Waals surface area (Å²) in [6.45, 7) is 4.31. The van der Waals surface area contributed by atoms with E-state index in [2.05, 4.69) is 11.2 Å². The Hall–Kier alpha value is -1.79. The van der Waals surface area contributed by atoms with Gasteiger partial charge in [-0.3, -0.25) is 10.1 Å². The molecule has 1 aromatic carbocycles. The topological polar surface area (TPSA) is 32.3 Å². The predicted octanol–water partition coefficient (Wildman–Crippen LogP) is 1.40. The standard InChI is InChI=1S/C15H18N2O/c1-4-10-17-14(18)13(16-15(17,2)3)11-12-8-6-5-7-9-12/h1,5-9,13,16H,10-11H2,2-3H3. The van der Waals surface area contributed by atoms with Crippen molar-refractivity contribution in [2.45, 2.75) is 32.0 Å². The van der Waals surface area contributed by atoms with Gasteiger partial charge < -0.3 is 4.90 Å². The molecule has 1 unspecified atom stereocenters. The summed E-state index contributed by atoms with van der Waals surface area (Å²) >= 11 is 0. The van der Waals surface area contributed by atoms with Gasteiger partial charge in [0.05, 0.1) is 18.2 Å². The van der Waals surface area contributed by atoms with Crippen LogP contribution in [0.2, 0.25) is 0 Å². The second-order valence-electron chi connectivity index (χ2n) is 5.07. The van der Waals surface area contributed by atoms with E-state index in [1.165, 1.54) is 0 Å². The molecule has 1 aliphatic heterocycles. The minimum atomic E-state index is -0.372. The van der Waals surface area contributed by atoms with Crippen LogP contribution in [0.3, 0.4) is 0 Å². The summed E-state index contributed by atoms with van der Waals surface area (Å²) in [5, 5.41) is 3.34. The Morgan fingerprint density at radius 1 is 1.39 bits per heavy atom. The van der Waals surface area contributed by atoms with Crippen LogP contribution in [-0.4, -0.2) is 29.1 Å². The van der Waals surface area contributed by atoms with Gasteiger partial charge in [0.15, 0.2) is 0 Å². The van der Waals surface area contributed by atoms with Crippen molar-refractivity contribution in [2.24, 2.45) is 0 Å². The smallest absolute Gasteiger partial charge is 0.242 e. The monoisotopic (exact) mass is 242 g/mol. The van der Waals surface area contributed by atoms with Crippen LogP contribution in [0.1, 0.15) is 19.4 Å². The van der Waals surface area contributed by atoms with Crippen LogP contribution >= 0.6 is 0 Å². The average molecular weight is 242 g/mol. The molecule has 1 saturated heterocycles. The number of nitrogens with one attached hydrogen (secondary N) is 1. The Morgan fingerprint density at radius 3 is 2.67 bits per heavy atom. The fourth-order valence-corrected chi connectivity index (χ4v) is 2.38. The second kappa shape index (κ2) is 4.83. The first-order valence-electron chi connectivity index (χ1n) is 6.11. The number of terminal acetylenes is 1. The van der Waals surface area contributed by atoms with Crippen molar-refractivity contribution in [2.75, 3.05) is 6.54 Å². The van der Waals surface area contributed by atoms with Gasteiger partial charge in [-0.25, -0.2) is 0 Å². The lowest BCUT2D eigenvalue weighted by Gasteiger charge is -2.29. The van der Waals surface area contributed by atoms with E-state index >= 15 is 0 Å². The van der Waals surface area contributed by atoms with Gasteiger partial charge in [-0.05, 0) is 25.8 Å². The fraction of sp³-hybridized carbons (Fsp3) is 0.400. The number of rotatable bonds is 3. The Bertz CT molecular complexity index is 473. The Balaban J connectivity index is 2.13. The molecule has 1 heterocycles. The van der Waals surface area contributed by atoms with Crippen molar-refractivity contribution >= 4 is 5.91 Å². The molecule has 1 atom stereocenters. The highest BCUT2D eigenvalue weighted by Gasteiger charge is 2.43. The molecule has 18 heavy (non-hydrogen) atoms. The number of nitrogens with zero attached hydrogens (tertiary/aromatic N) is 1. The Kier molecular flexibility index (Phi) is 3.40. The van der Waals surface area contributed by atoms with Crippen LogP contribution < -0.4 is 5.32 Å². The van der Waals surface area contributed by atoms with Gasteiger partial charge in [-0.15, -0.1) is 6.42 Å². The number of benzene rings is 1. The molecule has 1 amide bonds. The van der Waals surface area contributed by atoms with Crippen LogP contribution in [0.25, 0.3) is 0 Å². The maximum atomic E-state index is 12.3. The predicted molar refractivity (Wildman–Crippen MR) is 71.7 cm³/mol. The van der Waals surface area contributed by atoms with Gasteiger partial charge >= 0.3 is 0 Å². The fourth-order valence-electron chi connectivity index (χ4n) is 2.38. The molecule has 1 aromatic rings. The molecule has 0 bridgehead atoms. The van der Waals surface area contributed by atoms with Crippen molar-refractivity contribution < 1.29 is 4.79 Å². The molecule has 3 nitrogen and oxygen atoms in total. The van der Waals surface area contributed by atoms with Gasteiger partial charge in [0.25, 0.3) is 0 Å². The molecule has 1 aliphatic rings. The van der Waals surface area contributed by atoms with Crippen molar-refractivity contribution in [1.82, 2.24) is 10.2 Å². The van der Waals surface area contributed by atoms with E-state index in [0.717, 1.165) is 5.56 Å². The minimum Gasteiger partial charge on any atom is -0.312 e. The summed E-state index contributed by atoms with van der Waals surface area (Å²) in [5.41, 5.74) is 0.782. The van der Waals surface area contributed by atoms with Gasteiger partial charge in [0, 0.05) is 0 Å². The lowest BCUT2D eigenvalue weighted by molar-refractivity contribution is -0.130. The lowest BCUT2D eigenvalue weighted by atomic mass is 10.1. The van der Waals surface area contributed by atoms with Crippen LogP contribution in [0.4, 0.5) is 0 Å². The normalized spacial score (nSPS) is 21.9.